The maximum absolute atomic E-state index is 10.5. The number of rotatable bonds is 13. The summed E-state index contributed by atoms with van der Waals surface area (Å²) in [5, 5.41) is 10.5. The van der Waals surface area contributed by atoms with Crippen LogP contribution in [-0.2, 0) is 11.2 Å². The lowest BCUT2D eigenvalue weighted by Crippen LogP contribution is -2.75. The van der Waals surface area contributed by atoms with E-state index < -0.39 is 0 Å². The Morgan fingerprint density at radius 2 is 1.77 bits per heavy atom. The smallest absolute Gasteiger partial charge is 0.335 e. The van der Waals surface area contributed by atoms with E-state index in [9.17, 15) is 5.11 Å². The first kappa shape index (κ1) is 30.0. The highest BCUT2D eigenvalue weighted by Crippen LogP contribution is 2.32. The highest BCUT2D eigenvalue weighted by atomic mass is 16.5. The van der Waals surface area contributed by atoms with E-state index in [2.05, 4.69) is 77.9 Å². The van der Waals surface area contributed by atoms with E-state index in [1.807, 2.05) is 12.4 Å². The van der Waals surface area contributed by atoms with Gasteiger partial charge in [0.15, 0.2) is 6.54 Å². The molecule has 2 atom stereocenters. The van der Waals surface area contributed by atoms with Crippen molar-refractivity contribution in [2.24, 2.45) is 17.8 Å². The molecular formula is C33H49N4O3+. The van der Waals surface area contributed by atoms with Gasteiger partial charge in [0.25, 0.3) is 0 Å². The SMILES string of the molecule is CCc1cnc(N2CCC([C@@H](C)Oc3ccc(C4=CCC(C(O)=[NH+]CCOCCC(C)C)CC4)cc3)CC2)nc1. The van der Waals surface area contributed by atoms with Crippen LogP contribution < -0.4 is 14.6 Å². The first-order valence-electron chi connectivity index (χ1n) is 15.3. The number of hydrogen-bond acceptors (Lipinski definition) is 5. The molecule has 2 aromatic rings. The van der Waals surface area contributed by atoms with Crippen LogP contribution in [0.2, 0.25) is 0 Å². The molecule has 7 nitrogen and oxygen atoms in total. The number of hydrogen-bond donors (Lipinski definition) is 2. The molecule has 0 radical (unpaired) electrons. The number of aliphatic hydroxyl groups is 1. The zero-order valence-corrected chi connectivity index (χ0v) is 24.9. The highest BCUT2D eigenvalue weighted by molar-refractivity contribution is 5.74. The third-order valence-corrected chi connectivity index (χ3v) is 8.32. The summed E-state index contributed by atoms with van der Waals surface area (Å²) in [6.07, 6.45) is 13.3. The maximum atomic E-state index is 10.5. The fourth-order valence-electron chi connectivity index (χ4n) is 5.48. The molecule has 2 heterocycles. The van der Waals surface area contributed by atoms with Gasteiger partial charge in [-0.25, -0.2) is 15.0 Å². The number of aliphatic hydroxyl groups excluding tert-OH is 1. The Labute approximate surface area is 240 Å². The van der Waals surface area contributed by atoms with Crippen LogP contribution in [0.4, 0.5) is 5.95 Å². The van der Waals surface area contributed by atoms with E-state index in [0.717, 1.165) is 76.3 Å². The van der Waals surface area contributed by atoms with Crippen molar-refractivity contribution in [1.82, 2.24) is 9.97 Å². The number of ether oxygens (including phenoxy) is 2. The van der Waals surface area contributed by atoms with E-state index in [1.165, 1.54) is 16.7 Å². The summed E-state index contributed by atoms with van der Waals surface area (Å²) in [7, 11) is 0. The molecule has 7 heteroatoms. The topological polar surface area (TPSA) is 81.7 Å². The van der Waals surface area contributed by atoms with Gasteiger partial charge in [-0.1, -0.05) is 39.0 Å². The van der Waals surface area contributed by atoms with Crippen LogP contribution in [0.15, 0.2) is 42.7 Å². The van der Waals surface area contributed by atoms with Gasteiger partial charge in [-0.2, -0.15) is 0 Å². The summed E-state index contributed by atoms with van der Waals surface area (Å²) in [6, 6.07) is 8.54. The van der Waals surface area contributed by atoms with Gasteiger partial charge in [0.1, 0.15) is 12.4 Å². The highest BCUT2D eigenvalue weighted by Gasteiger charge is 2.27. The van der Waals surface area contributed by atoms with E-state index in [-0.39, 0.29) is 12.0 Å². The van der Waals surface area contributed by atoms with E-state index in [1.54, 1.807) is 0 Å². The lowest BCUT2D eigenvalue weighted by molar-refractivity contribution is -0.473. The Morgan fingerprint density at radius 3 is 2.40 bits per heavy atom. The van der Waals surface area contributed by atoms with E-state index in [4.69, 9.17) is 9.47 Å². The van der Waals surface area contributed by atoms with Crippen molar-refractivity contribution in [2.75, 3.05) is 37.7 Å². The van der Waals surface area contributed by atoms with Crippen molar-refractivity contribution in [1.29, 1.82) is 0 Å². The van der Waals surface area contributed by atoms with Crippen molar-refractivity contribution >= 4 is 17.4 Å². The molecule has 2 aliphatic rings. The summed E-state index contributed by atoms with van der Waals surface area (Å²) < 4.78 is 12.0. The second-order valence-corrected chi connectivity index (χ2v) is 11.7. The average Bonchev–Trinajstić information content (AvgIpc) is 2.99. The Balaban J connectivity index is 1.19. The van der Waals surface area contributed by atoms with Gasteiger partial charge < -0.3 is 19.5 Å². The standard InChI is InChI=1S/C33H48N4O3/c1-5-26-22-35-33(36-23-26)37-18-14-27(15-19-37)25(4)40-31-12-10-29(11-13-31)28-6-8-30(9-7-28)32(38)34-17-21-39-20-16-24(2)3/h6,10-13,22-25,27,30H,5,7-9,14-21H2,1-4H3,(H,34,38)/p+1/t25-,30?/m1/s1. The van der Waals surface area contributed by atoms with Gasteiger partial charge in [0.05, 0.1) is 12.0 Å². The largest absolute Gasteiger partial charge is 0.490 e. The molecule has 0 saturated carbocycles. The molecule has 1 unspecified atom stereocenters. The number of nitrogens with one attached hydrogen (secondary N) is 1. The molecule has 2 N–H and O–H groups in total. The molecule has 0 spiro atoms. The van der Waals surface area contributed by atoms with Crippen molar-refractivity contribution in [3.63, 3.8) is 0 Å². The predicted octanol–water partition coefficient (Wildman–Crippen LogP) is 5.01. The molecule has 1 aliphatic carbocycles. The molecule has 1 aromatic heterocycles. The quantitative estimate of drug-likeness (QED) is 0.208. The molecule has 1 aliphatic heterocycles. The monoisotopic (exact) mass is 549 g/mol. The minimum atomic E-state index is 0.163. The number of anilines is 1. The molecule has 1 aromatic carbocycles. The van der Waals surface area contributed by atoms with Crippen molar-refractivity contribution in [3.8, 4) is 5.75 Å². The van der Waals surface area contributed by atoms with Gasteiger partial charge in [-0.3, -0.25) is 0 Å². The summed E-state index contributed by atoms with van der Waals surface area (Å²) in [4.78, 5) is 14.5. The van der Waals surface area contributed by atoms with Crippen molar-refractivity contribution in [2.45, 2.75) is 78.7 Å². The van der Waals surface area contributed by atoms with Crippen LogP contribution >= 0.6 is 0 Å². The van der Waals surface area contributed by atoms with Crippen LogP contribution in [0.3, 0.4) is 0 Å². The number of aromatic nitrogens is 2. The Bertz CT molecular complexity index is 1090. The third kappa shape index (κ3) is 8.79. The normalized spacial score (nSPS) is 19.5. The second kappa shape index (κ2) is 15.2. The number of allylic oxidation sites excluding steroid dienone is 2. The Hall–Kier alpha value is -2.93. The van der Waals surface area contributed by atoms with Gasteiger partial charge in [-0.15, -0.1) is 0 Å². The fourth-order valence-corrected chi connectivity index (χ4v) is 5.48. The van der Waals surface area contributed by atoms with E-state index in [0.29, 0.717) is 30.9 Å². The first-order chi connectivity index (χ1) is 19.4. The third-order valence-electron chi connectivity index (χ3n) is 8.32. The van der Waals surface area contributed by atoms with Gasteiger partial charge in [-0.05, 0) is 92.5 Å². The minimum absolute atomic E-state index is 0.163. The molecule has 0 bridgehead atoms. The maximum Gasteiger partial charge on any atom is 0.335 e. The summed E-state index contributed by atoms with van der Waals surface area (Å²) in [5.41, 5.74) is 3.77. The average molecular weight is 550 g/mol. The van der Waals surface area contributed by atoms with Crippen LogP contribution in [-0.4, -0.2) is 59.9 Å². The van der Waals surface area contributed by atoms with Gasteiger partial charge in [0.2, 0.25) is 5.95 Å². The summed E-state index contributed by atoms with van der Waals surface area (Å²) in [6.45, 7) is 12.7. The molecule has 218 valence electrons. The zero-order valence-electron chi connectivity index (χ0n) is 24.9. The molecule has 1 fully saturated rings. The van der Waals surface area contributed by atoms with E-state index >= 15 is 0 Å². The van der Waals surface area contributed by atoms with Crippen LogP contribution in [0.1, 0.15) is 77.3 Å². The Kier molecular flexibility index (Phi) is 11.4. The van der Waals surface area contributed by atoms with Crippen LogP contribution in [0, 0.1) is 17.8 Å². The lowest BCUT2D eigenvalue weighted by atomic mass is 9.86. The van der Waals surface area contributed by atoms with Crippen molar-refractivity contribution in [3.05, 3.63) is 53.9 Å². The summed E-state index contributed by atoms with van der Waals surface area (Å²) >= 11 is 0. The number of nitrogens with zero attached hydrogens (tertiary/aromatic N) is 3. The zero-order chi connectivity index (χ0) is 28.3. The number of aryl methyl sites for hydroxylation is 1. The van der Waals surface area contributed by atoms with Crippen LogP contribution in [0.5, 0.6) is 5.75 Å². The fraction of sp³-hybridized carbons (Fsp3) is 0.606. The minimum Gasteiger partial charge on any atom is -0.490 e. The van der Waals surface area contributed by atoms with Crippen molar-refractivity contribution < 1.29 is 19.6 Å². The number of piperidine rings is 1. The summed E-state index contributed by atoms with van der Waals surface area (Å²) in [5.74, 6) is 3.51. The van der Waals surface area contributed by atoms with Gasteiger partial charge in [0, 0.05) is 32.1 Å². The predicted molar refractivity (Wildman–Crippen MR) is 162 cm³/mol. The molecule has 4 rings (SSSR count). The molecule has 0 amide bonds. The second-order valence-electron chi connectivity index (χ2n) is 11.7. The lowest BCUT2D eigenvalue weighted by Gasteiger charge is -2.34. The number of benzene rings is 1. The van der Waals surface area contributed by atoms with Gasteiger partial charge >= 0.3 is 5.90 Å². The van der Waals surface area contributed by atoms with Crippen LogP contribution in [0.25, 0.3) is 5.57 Å². The molecule has 1 saturated heterocycles. The molecular weight excluding hydrogens is 500 g/mol. The molecule has 40 heavy (non-hydrogen) atoms. The first-order valence-corrected chi connectivity index (χ1v) is 15.3. The Morgan fingerprint density at radius 1 is 1.05 bits per heavy atom.